The molecule has 2 aliphatic rings. The van der Waals surface area contributed by atoms with Crippen molar-refractivity contribution in [2.75, 3.05) is 25.5 Å². The Morgan fingerprint density at radius 3 is 2.68 bits per heavy atom. The number of hydrogen-bond donors (Lipinski definition) is 1. The average molecular weight is 524 g/mol. The van der Waals surface area contributed by atoms with Crippen LogP contribution in [0.1, 0.15) is 55.7 Å². The van der Waals surface area contributed by atoms with Crippen LogP contribution in [0.25, 0.3) is 11.1 Å². The molecule has 192 valence electrons. The summed E-state index contributed by atoms with van der Waals surface area (Å²) >= 11 is 1.55. The average Bonchev–Trinajstić information content (AvgIpc) is 3.60. The molecule has 0 bridgehead atoms. The van der Waals surface area contributed by atoms with Crippen molar-refractivity contribution in [3.8, 4) is 11.1 Å². The number of rotatable bonds is 5. The van der Waals surface area contributed by atoms with Gasteiger partial charge in [0.2, 0.25) is 0 Å². The number of carbonyl (C=O) groups is 2. The highest BCUT2D eigenvalue weighted by atomic mass is 32.1. The summed E-state index contributed by atoms with van der Waals surface area (Å²) in [6.45, 7) is 2.55. The molecule has 4 heterocycles. The normalized spacial score (nSPS) is 17.3. The van der Waals surface area contributed by atoms with Gasteiger partial charge in [0, 0.05) is 54.5 Å². The Labute approximate surface area is 226 Å². The molecule has 8 heteroatoms. The minimum Gasteiger partial charge on any atom is -0.332 e. The molecule has 7 nitrogen and oxygen atoms in total. The van der Waals surface area contributed by atoms with Crippen molar-refractivity contribution in [3.05, 3.63) is 100 Å². The van der Waals surface area contributed by atoms with Crippen molar-refractivity contribution in [3.63, 3.8) is 0 Å². The molecule has 1 fully saturated rings. The van der Waals surface area contributed by atoms with Gasteiger partial charge in [-0.1, -0.05) is 30.3 Å². The lowest BCUT2D eigenvalue weighted by molar-refractivity contribution is 0.0735. The van der Waals surface area contributed by atoms with Crippen molar-refractivity contribution >= 4 is 28.3 Å². The Morgan fingerprint density at radius 2 is 1.87 bits per heavy atom. The topological polar surface area (TPSA) is 78.4 Å². The molecule has 2 aromatic carbocycles. The number of nitrogens with one attached hydrogen (secondary N) is 1. The maximum absolute atomic E-state index is 13.5. The molecule has 0 aliphatic carbocycles. The molecule has 1 N–H and O–H groups in total. The van der Waals surface area contributed by atoms with Gasteiger partial charge >= 0.3 is 0 Å². The Morgan fingerprint density at radius 1 is 1.00 bits per heavy atom. The first kappa shape index (κ1) is 24.5. The van der Waals surface area contributed by atoms with Crippen LogP contribution in [0.3, 0.4) is 0 Å². The second kappa shape index (κ2) is 10.5. The number of fused-ring (bicyclic) bond motifs is 1. The van der Waals surface area contributed by atoms with E-state index >= 15 is 0 Å². The lowest BCUT2D eigenvalue weighted by Crippen LogP contribution is -2.30. The van der Waals surface area contributed by atoms with Crippen LogP contribution in [0.5, 0.6) is 0 Å². The molecule has 0 radical (unpaired) electrons. The van der Waals surface area contributed by atoms with Gasteiger partial charge in [0.1, 0.15) is 0 Å². The number of likely N-dealkylation sites (N-methyl/N-ethyl adjacent to an activating group) is 1. The minimum atomic E-state index is -0.173. The monoisotopic (exact) mass is 523 g/mol. The molecule has 2 aromatic heterocycles. The van der Waals surface area contributed by atoms with Gasteiger partial charge in [0.15, 0.2) is 5.13 Å². The van der Waals surface area contributed by atoms with E-state index in [2.05, 4.69) is 27.2 Å². The molecule has 0 spiro atoms. The molecule has 1 saturated heterocycles. The van der Waals surface area contributed by atoms with Crippen LogP contribution >= 0.6 is 11.3 Å². The maximum Gasteiger partial charge on any atom is 0.257 e. The van der Waals surface area contributed by atoms with Crippen LogP contribution in [0.2, 0.25) is 0 Å². The summed E-state index contributed by atoms with van der Waals surface area (Å²) in [5.74, 6) is -0.161. The molecule has 6 rings (SSSR count). The third-order valence-electron chi connectivity index (χ3n) is 7.32. The van der Waals surface area contributed by atoms with E-state index in [0.717, 1.165) is 54.7 Å². The van der Waals surface area contributed by atoms with E-state index in [1.165, 1.54) is 4.88 Å². The van der Waals surface area contributed by atoms with Gasteiger partial charge in [0.25, 0.3) is 11.8 Å². The van der Waals surface area contributed by atoms with Crippen LogP contribution in [-0.2, 0) is 13.0 Å². The number of carbonyl (C=O) groups excluding carboxylic acids is 2. The van der Waals surface area contributed by atoms with E-state index in [1.54, 1.807) is 17.5 Å². The summed E-state index contributed by atoms with van der Waals surface area (Å²) in [6, 6.07) is 19.2. The SMILES string of the molecule is CN1CCc2nc(NC(=O)c3cccc([C@H]4CCCN4C(=O)c4ccc(-c5cccnc5)cc4)c3)sc2C1. The number of anilines is 1. The number of amides is 2. The highest BCUT2D eigenvalue weighted by molar-refractivity contribution is 7.15. The van der Waals surface area contributed by atoms with Crippen molar-refractivity contribution in [2.24, 2.45) is 0 Å². The fourth-order valence-electron chi connectivity index (χ4n) is 5.29. The summed E-state index contributed by atoms with van der Waals surface area (Å²) in [4.78, 5) is 40.8. The van der Waals surface area contributed by atoms with Crippen LogP contribution in [-0.4, -0.2) is 51.7 Å². The number of thiazole rings is 1. The Balaban J connectivity index is 1.17. The smallest absolute Gasteiger partial charge is 0.257 e. The van der Waals surface area contributed by atoms with E-state index in [1.807, 2.05) is 71.8 Å². The van der Waals surface area contributed by atoms with E-state index in [-0.39, 0.29) is 17.9 Å². The van der Waals surface area contributed by atoms with Crippen molar-refractivity contribution in [1.29, 1.82) is 0 Å². The lowest BCUT2D eigenvalue weighted by Gasteiger charge is -2.25. The Hall–Kier alpha value is -3.88. The highest BCUT2D eigenvalue weighted by Gasteiger charge is 2.31. The van der Waals surface area contributed by atoms with Crippen LogP contribution in [0.4, 0.5) is 5.13 Å². The fourth-order valence-corrected chi connectivity index (χ4v) is 6.38. The minimum absolute atomic E-state index is 0.0124. The van der Waals surface area contributed by atoms with Gasteiger partial charge in [-0.15, -0.1) is 11.3 Å². The Kier molecular flexibility index (Phi) is 6.74. The third-order valence-corrected chi connectivity index (χ3v) is 8.31. The Bertz CT molecular complexity index is 1470. The molecular formula is C30H29N5O2S. The van der Waals surface area contributed by atoms with Gasteiger partial charge in [-0.05, 0) is 66.9 Å². The summed E-state index contributed by atoms with van der Waals surface area (Å²) in [5.41, 5.74) is 5.36. The van der Waals surface area contributed by atoms with Crippen molar-refractivity contribution < 1.29 is 9.59 Å². The van der Waals surface area contributed by atoms with Crippen molar-refractivity contribution in [1.82, 2.24) is 19.8 Å². The van der Waals surface area contributed by atoms with Gasteiger partial charge in [-0.3, -0.25) is 19.9 Å². The van der Waals surface area contributed by atoms with E-state index < -0.39 is 0 Å². The number of pyridine rings is 1. The zero-order chi connectivity index (χ0) is 26.1. The summed E-state index contributed by atoms with van der Waals surface area (Å²) in [7, 11) is 2.10. The first-order valence-electron chi connectivity index (χ1n) is 12.9. The van der Waals surface area contributed by atoms with Gasteiger partial charge < -0.3 is 9.80 Å². The largest absolute Gasteiger partial charge is 0.332 e. The molecule has 2 aliphatic heterocycles. The van der Waals surface area contributed by atoms with Crippen LogP contribution < -0.4 is 5.32 Å². The first-order valence-corrected chi connectivity index (χ1v) is 13.8. The zero-order valence-corrected chi connectivity index (χ0v) is 22.1. The third kappa shape index (κ3) is 4.97. The van der Waals surface area contributed by atoms with Crippen LogP contribution in [0, 0.1) is 0 Å². The van der Waals surface area contributed by atoms with Crippen LogP contribution in [0.15, 0.2) is 73.1 Å². The van der Waals surface area contributed by atoms with E-state index in [9.17, 15) is 9.59 Å². The standard InChI is InChI=1S/C30H29N5O2S/c1-34-16-13-25-27(19-34)38-30(32-25)33-28(36)23-6-2-5-22(17-23)26-8-4-15-35(26)29(37)21-11-9-20(10-12-21)24-7-3-14-31-18-24/h2-3,5-7,9-12,14,17-18,26H,4,8,13,15-16,19H2,1H3,(H,32,33,36)/t26-/m1/s1. The second-order valence-electron chi connectivity index (χ2n) is 9.93. The van der Waals surface area contributed by atoms with Gasteiger partial charge in [0.05, 0.1) is 11.7 Å². The molecule has 2 amide bonds. The summed E-state index contributed by atoms with van der Waals surface area (Å²) in [6.07, 6.45) is 6.28. The molecular weight excluding hydrogens is 494 g/mol. The number of nitrogens with zero attached hydrogens (tertiary/aromatic N) is 4. The molecule has 0 saturated carbocycles. The molecule has 0 unspecified atom stereocenters. The highest BCUT2D eigenvalue weighted by Crippen LogP contribution is 2.34. The van der Waals surface area contributed by atoms with Gasteiger partial charge in [-0.2, -0.15) is 0 Å². The number of likely N-dealkylation sites (tertiary alicyclic amines) is 1. The van der Waals surface area contributed by atoms with E-state index in [4.69, 9.17) is 0 Å². The quantitative estimate of drug-likeness (QED) is 0.378. The summed E-state index contributed by atoms with van der Waals surface area (Å²) in [5, 5.41) is 3.64. The van der Waals surface area contributed by atoms with Gasteiger partial charge in [-0.25, -0.2) is 4.98 Å². The number of hydrogen-bond acceptors (Lipinski definition) is 6. The second-order valence-corrected chi connectivity index (χ2v) is 11.0. The van der Waals surface area contributed by atoms with Crippen molar-refractivity contribution in [2.45, 2.75) is 31.8 Å². The molecule has 4 aromatic rings. The van der Waals surface area contributed by atoms with E-state index in [0.29, 0.717) is 22.8 Å². The molecule has 1 atom stereocenters. The fraction of sp³-hybridized carbons (Fsp3) is 0.267. The molecule has 38 heavy (non-hydrogen) atoms. The predicted octanol–water partition coefficient (Wildman–Crippen LogP) is 5.42. The lowest BCUT2D eigenvalue weighted by atomic mass is 10.0. The summed E-state index contributed by atoms with van der Waals surface area (Å²) < 4.78 is 0. The first-order chi connectivity index (χ1) is 18.5. The number of aromatic nitrogens is 2. The number of benzene rings is 2. The maximum atomic E-state index is 13.5. The zero-order valence-electron chi connectivity index (χ0n) is 21.3. The predicted molar refractivity (Wildman–Crippen MR) is 149 cm³/mol.